The molecule has 24 heavy (non-hydrogen) atoms. The molecule has 0 aliphatic carbocycles. The number of nitrogens with one attached hydrogen (secondary N) is 1. The number of hydrogen-bond donors (Lipinski definition) is 1. The standard InChI is InChI=1S/C17H26ClN5O/c1-7-22-9-15(12(4)20-22)11(3)19-17(24)10(2)8-23-14(6)16(18)13(5)21-23/h9-11H,7-8H2,1-6H3,(H,19,24). The average Bonchev–Trinajstić information content (AvgIpc) is 3.03. The SMILES string of the molecule is CCn1cc(C(C)NC(=O)C(C)Cn2nc(C)c(Cl)c2C)c(C)n1. The monoisotopic (exact) mass is 351 g/mol. The Morgan fingerprint density at radius 2 is 1.92 bits per heavy atom. The van der Waals surface area contributed by atoms with Gasteiger partial charge in [0.15, 0.2) is 0 Å². The molecule has 0 radical (unpaired) electrons. The zero-order chi connectivity index (χ0) is 18.0. The van der Waals surface area contributed by atoms with Gasteiger partial charge in [0, 0.05) is 18.3 Å². The van der Waals surface area contributed by atoms with Crippen LogP contribution in [0.15, 0.2) is 6.20 Å². The van der Waals surface area contributed by atoms with E-state index >= 15 is 0 Å². The second-order valence-corrected chi connectivity index (χ2v) is 6.70. The Labute approximate surface area is 148 Å². The molecule has 0 aromatic carbocycles. The van der Waals surface area contributed by atoms with E-state index in [-0.39, 0.29) is 17.9 Å². The molecule has 2 heterocycles. The fourth-order valence-electron chi connectivity index (χ4n) is 2.75. The van der Waals surface area contributed by atoms with Crippen LogP contribution in [0.25, 0.3) is 0 Å². The first-order valence-electron chi connectivity index (χ1n) is 8.28. The predicted octanol–water partition coefficient (Wildman–Crippen LogP) is 3.19. The number of rotatable bonds is 6. The van der Waals surface area contributed by atoms with Crippen LogP contribution in [0.2, 0.25) is 5.02 Å². The molecule has 2 aromatic rings. The van der Waals surface area contributed by atoms with Crippen LogP contribution in [-0.2, 0) is 17.9 Å². The lowest BCUT2D eigenvalue weighted by Gasteiger charge is -2.18. The largest absolute Gasteiger partial charge is 0.349 e. The summed E-state index contributed by atoms with van der Waals surface area (Å²) in [6.07, 6.45) is 1.99. The van der Waals surface area contributed by atoms with Crippen molar-refractivity contribution in [1.82, 2.24) is 24.9 Å². The maximum atomic E-state index is 12.5. The van der Waals surface area contributed by atoms with Crippen LogP contribution in [0, 0.1) is 26.7 Å². The molecule has 0 spiro atoms. The maximum Gasteiger partial charge on any atom is 0.225 e. The smallest absolute Gasteiger partial charge is 0.225 e. The molecule has 1 N–H and O–H groups in total. The molecule has 2 unspecified atom stereocenters. The lowest BCUT2D eigenvalue weighted by Crippen LogP contribution is -2.34. The number of aromatic nitrogens is 4. The van der Waals surface area contributed by atoms with Crippen LogP contribution in [0.4, 0.5) is 0 Å². The topological polar surface area (TPSA) is 64.7 Å². The van der Waals surface area contributed by atoms with Gasteiger partial charge in [-0.05, 0) is 34.6 Å². The summed E-state index contributed by atoms with van der Waals surface area (Å²) >= 11 is 6.17. The Bertz CT molecular complexity index is 734. The number of carbonyl (C=O) groups is 1. The third-order valence-electron chi connectivity index (χ3n) is 4.32. The van der Waals surface area contributed by atoms with Gasteiger partial charge >= 0.3 is 0 Å². The highest BCUT2D eigenvalue weighted by Gasteiger charge is 2.21. The third kappa shape index (κ3) is 3.80. The minimum atomic E-state index is -0.206. The lowest BCUT2D eigenvalue weighted by molar-refractivity contribution is -0.125. The van der Waals surface area contributed by atoms with Crippen molar-refractivity contribution < 1.29 is 4.79 Å². The van der Waals surface area contributed by atoms with E-state index in [2.05, 4.69) is 15.5 Å². The Morgan fingerprint density at radius 1 is 1.25 bits per heavy atom. The van der Waals surface area contributed by atoms with Crippen molar-refractivity contribution in [2.24, 2.45) is 5.92 Å². The molecule has 0 aliphatic heterocycles. The number of nitrogens with zero attached hydrogens (tertiary/aromatic N) is 4. The van der Waals surface area contributed by atoms with E-state index in [4.69, 9.17) is 11.6 Å². The minimum Gasteiger partial charge on any atom is -0.349 e. The molecule has 1 amide bonds. The second kappa shape index (κ2) is 7.38. The van der Waals surface area contributed by atoms with Crippen LogP contribution in [0.1, 0.15) is 49.5 Å². The fraction of sp³-hybridized carbons (Fsp3) is 0.588. The van der Waals surface area contributed by atoms with Gasteiger partial charge in [-0.25, -0.2) is 0 Å². The van der Waals surface area contributed by atoms with E-state index in [1.54, 1.807) is 4.68 Å². The summed E-state index contributed by atoms with van der Waals surface area (Å²) in [6, 6.07) is -0.0794. The molecule has 7 heteroatoms. The molecule has 6 nitrogen and oxygen atoms in total. The first kappa shape index (κ1) is 18.5. The van der Waals surface area contributed by atoms with Crippen molar-refractivity contribution >= 4 is 17.5 Å². The molecule has 0 bridgehead atoms. The minimum absolute atomic E-state index is 0.00479. The van der Waals surface area contributed by atoms with E-state index < -0.39 is 0 Å². The average molecular weight is 352 g/mol. The van der Waals surface area contributed by atoms with Crippen molar-refractivity contribution in [3.8, 4) is 0 Å². The van der Waals surface area contributed by atoms with Crippen LogP contribution in [0.3, 0.4) is 0 Å². The number of amides is 1. The highest BCUT2D eigenvalue weighted by atomic mass is 35.5. The Morgan fingerprint density at radius 3 is 2.42 bits per heavy atom. The first-order valence-corrected chi connectivity index (χ1v) is 8.66. The van der Waals surface area contributed by atoms with E-state index in [1.165, 1.54) is 0 Å². The third-order valence-corrected chi connectivity index (χ3v) is 4.87. The van der Waals surface area contributed by atoms with Gasteiger partial charge in [0.2, 0.25) is 5.91 Å². The molecule has 2 atom stereocenters. The van der Waals surface area contributed by atoms with Crippen molar-refractivity contribution in [3.05, 3.63) is 33.9 Å². The molecule has 0 saturated carbocycles. The fourth-order valence-corrected chi connectivity index (χ4v) is 2.88. The van der Waals surface area contributed by atoms with Gasteiger partial charge in [0.25, 0.3) is 0 Å². The molecule has 132 valence electrons. The Hall–Kier alpha value is -1.82. The summed E-state index contributed by atoms with van der Waals surface area (Å²) in [7, 11) is 0. The second-order valence-electron chi connectivity index (χ2n) is 6.32. The molecule has 0 aliphatic rings. The summed E-state index contributed by atoms with van der Waals surface area (Å²) < 4.78 is 3.68. The number of aryl methyl sites for hydroxylation is 3. The van der Waals surface area contributed by atoms with Gasteiger partial charge in [-0.15, -0.1) is 0 Å². The molecule has 2 aromatic heterocycles. The molecular weight excluding hydrogens is 326 g/mol. The van der Waals surface area contributed by atoms with Crippen LogP contribution >= 0.6 is 11.6 Å². The van der Waals surface area contributed by atoms with Gasteiger partial charge in [0.05, 0.1) is 40.6 Å². The highest BCUT2D eigenvalue weighted by molar-refractivity contribution is 6.31. The summed E-state index contributed by atoms with van der Waals surface area (Å²) in [5, 5.41) is 12.6. The van der Waals surface area contributed by atoms with Crippen molar-refractivity contribution in [2.75, 3.05) is 0 Å². The van der Waals surface area contributed by atoms with Crippen LogP contribution in [-0.4, -0.2) is 25.5 Å². The van der Waals surface area contributed by atoms with Gasteiger partial charge in [-0.1, -0.05) is 18.5 Å². The number of halogens is 1. The summed E-state index contributed by atoms with van der Waals surface area (Å²) in [5.41, 5.74) is 3.67. The quantitative estimate of drug-likeness (QED) is 0.869. The summed E-state index contributed by atoms with van der Waals surface area (Å²) in [5.74, 6) is -0.210. The van der Waals surface area contributed by atoms with Gasteiger partial charge in [0.1, 0.15) is 0 Å². The van der Waals surface area contributed by atoms with Gasteiger partial charge in [-0.2, -0.15) is 10.2 Å². The lowest BCUT2D eigenvalue weighted by atomic mass is 10.1. The Kier molecular flexibility index (Phi) is 5.70. The highest BCUT2D eigenvalue weighted by Crippen LogP contribution is 2.20. The van der Waals surface area contributed by atoms with Crippen molar-refractivity contribution in [1.29, 1.82) is 0 Å². The predicted molar refractivity (Wildman–Crippen MR) is 95.1 cm³/mol. The maximum absolute atomic E-state index is 12.5. The molecule has 0 saturated heterocycles. The Balaban J connectivity index is 2.02. The van der Waals surface area contributed by atoms with Gasteiger partial charge < -0.3 is 5.32 Å². The van der Waals surface area contributed by atoms with E-state index in [0.29, 0.717) is 11.6 Å². The van der Waals surface area contributed by atoms with E-state index in [0.717, 1.165) is 29.2 Å². The molecular formula is C17H26ClN5O. The zero-order valence-electron chi connectivity index (χ0n) is 15.2. The summed E-state index contributed by atoms with van der Waals surface area (Å²) in [4.78, 5) is 12.5. The van der Waals surface area contributed by atoms with E-state index in [1.807, 2.05) is 52.4 Å². The molecule has 0 fully saturated rings. The number of carbonyl (C=O) groups excluding carboxylic acids is 1. The zero-order valence-corrected chi connectivity index (χ0v) is 16.0. The van der Waals surface area contributed by atoms with Crippen molar-refractivity contribution in [2.45, 2.75) is 60.7 Å². The first-order chi connectivity index (χ1) is 11.2. The number of hydrogen-bond acceptors (Lipinski definition) is 3. The molecule has 2 rings (SSSR count). The normalized spacial score (nSPS) is 13.8. The van der Waals surface area contributed by atoms with E-state index in [9.17, 15) is 4.79 Å². The van der Waals surface area contributed by atoms with Crippen LogP contribution < -0.4 is 5.32 Å². The van der Waals surface area contributed by atoms with Crippen LogP contribution in [0.5, 0.6) is 0 Å². The summed E-state index contributed by atoms with van der Waals surface area (Å²) in [6.45, 7) is 13.0. The van der Waals surface area contributed by atoms with Crippen molar-refractivity contribution in [3.63, 3.8) is 0 Å². The van der Waals surface area contributed by atoms with Gasteiger partial charge in [-0.3, -0.25) is 14.2 Å².